The van der Waals surface area contributed by atoms with E-state index in [0.29, 0.717) is 35.0 Å². The maximum absolute atomic E-state index is 11.6. The van der Waals surface area contributed by atoms with Gasteiger partial charge in [0.05, 0.1) is 18.8 Å². The average Bonchev–Trinajstić information content (AvgIpc) is 3.08. The molecule has 0 aliphatic carbocycles. The third-order valence-corrected chi connectivity index (χ3v) is 7.15. The van der Waals surface area contributed by atoms with Crippen LogP contribution in [0.25, 0.3) is 0 Å². The number of benzene rings is 1. The molecule has 2 atom stereocenters. The van der Waals surface area contributed by atoms with Gasteiger partial charge in [0.25, 0.3) is 0 Å². The molecule has 0 aromatic heterocycles. The van der Waals surface area contributed by atoms with E-state index >= 15 is 0 Å². The molecular weight excluding hydrogens is 368 g/mol. The minimum absolute atomic E-state index is 0.0787. The van der Waals surface area contributed by atoms with Crippen molar-refractivity contribution in [1.29, 1.82) is 0 Å². The molecule has 6 heteroatoms. The normalized spacial score (nSPS) is 19.7. The zero-order valence-corrected chi connectivity index (χ0v) is 17.6. The first-order valence-electron chi connectivity index (χ1n) is 9.40. The Hall–Kier alpha value is -0.850. The first kappa shape index (κ1) is 21.5. The van der Waals surface area contributed by atoms with Gasteiger partial charge in [-0.3, -0.25) is 4.79 Å². The predicted octanol–water partition coefficient (Wildman–Crippen LogP) is 4.92. The summed E-state index contributed by atoms with van der Waals surface area (Å²) in [6, 6.07) is 3.47. The van der Waals surface area contributed by atoms with Crippen LogP contribution in [0.3, 0.4) is 0 Å². The zero-order chi connectivity index (χ0) is 18.9. The van der Waals surface area contributed by atoms with Gasteiger partial charge in [-0.15, -0.1) is 11.8 Å². The summed E-state index contributed by atoms with van der Waals surface area (Å²) in [6.45, 7) is 7.18. The molecule has 0 spiro atoms. The predicted molar refractivity (Wildman–Crippen MR) is 111 cm³/mol. The molecule has 1 aliphatic rings. The maximum Gasteiger partial charge on any atom is 0.163 e. The van der Waals surface area contributed by atoms with Gasteiger partial charge < -0.3 is 14.6 Å². The fourth-order valence-corrected chi connectivity index (χ4v) is 5.28. The van der Waals surface area contributed by atoms with Gasteiger partial charge in [-0.1, -0.05) is 20.3 Å². The first-order chi connectivity index (χ1) is 12.6. The van der Waals surface area contributed by atoms with Gasteiger partial charge in [-0.25, -0.2) is 0 Å². The summed E-state index contributed by atoms with van der Waals surface area (Å²) in [7, 11) is 0. The molecule has 0 radical (unpaired) electrons. The van der Waals surface area contributed by atoms with Crippen molar-refractivity contribution in [1.82, 2.24) is 0 Å². The largest absolute Gasteiger partial charge is 0.507 e. The van der Waals surface area contributed by atoms with Crippen LogP contribution in [0.1, 0.15) is 56.0 Å². The van der Waals surface area contributed by atoms with E-state index in [0.717, 1.165) is 42.9 Å². The Bertz CT molecular complexity index is 591. The standard InChI is InChI=1S/C20H30O4S2/c1-4-7-17-18(9-8-16(14(3)21)20(17)22)23-10-6-11-25-13-15-12-24-19(5-2)26-15/h8-9,15,19,22H,4-7,10-13H2,1-3H3. The molecule has 146 valence electrons. The minimum atomic E-state index is -0.123. The minimum Gasteiger partial charge on any atom is -0.507 e. The third-order valence-electron chi connectivity index (χ3n) is 4.26. The van der Waals surface area contributed by atoms with Crippen molar-refractivity contribution in [3.05, 3.63) is 23.3 Å². The highest BCUT2D eigenvalue weighted by Gasteiger charge is 2.24. The van der Waals surface area contributed by atoms with Crippen molar-refractivity contribution in [3.63, 3.8) is 0 Å². The molecule has 1 saturated heterocycles. The Balaban J connectivity index is 1.75. The SMILES string of the molecule is CCCc1c(OCCCSCC2COC(CC)S2)ccc(C(C)=O)c1O. The quantitative estimate of drug-likeness (QED) is 0.422. The van der Waals surface area contributed by atoms with Gasteiger partial charge in [0.2, 0.25) is 0 Å². The smallest absolute Gasteiger partial charge is 0.163 e. The molecule has 2 rings (SSSR count). The third kappa shape index (κ3) is 6.10. The molecule has 0 amide bonds. The van der Waals surface area contributed by atoms with Gasteiger partial charge in [0, 0.05) is 16.6 Å². The maximum atomic E-state index is 11.6. The number of carbonyl (C=O) groups is 1. The summed E-state index contributed by atoms with van der Waals surface area (Å²) in [6.07, 6.45) is 3.63. The number of aromatic hydroxyl groups is 1. The molecule has 1 heterocycles. The number of carbonyl (C=O) groups excluding carboxylic acids is 1. The van der Waals surface area contributed by atoms with Crippen LogP contribution in [-0.2, 0) is 11.2 Å². The molecule has 1 aromatic carbocycles. The second-order valence-corrected chi connectivity index (χ2v) is 9.07. The Labute approximate surface area is 165 Å². The zero-order valence-electron chi connectivity index (χ0n) is 16.0. The van der Waals surface area contributed by atoms with Gasteiger partial charge in [0.1, 0.15) is 16.9 Å². The number of rotatable bonds is 11. The number of ether oxygens (including phenoxy) is 2. The van der Waals surface area contributed by atoms with Crippen LogP contribution in [0.4, 0.5) is 0 Å². The van der Waals surface area contributed by atoms with E-state index in [1.165, 1.54) is 6.92 Å². The fourth-order valence-electron chi connectivity index (χ4n) is 2.90. The van der Waals surface area contributed by atoms with E-state index < -0.39 is 0 Å². The van der Waals surface area contributed by atoms with Gasteiger partial charge >= 0.3 is 0 Å². The summed E-state index contributed by atoms with van der Waals surface area (Å²) in [4.78, 5) is 11.6. The van der Waals surface area contributed by atoms with Crippen LogP contribution in [0, 0.1) is 0 Å². The van der Waals surface area contributed by atoms with Gasteiger partial charge in [0.15, 0.2) is 5.78 Å². The van der Waals surface area contributed by atoms with E-state index in [1.807, 2.05) is 36.5 Å². The monoisotopic (exact) mass is 398 g/mol. The number of thioether (sulfide) groups is 2. The second kappa shape index (κ2) is 11.1. The van der Waals surface area contributed by atoms with Crippen molar-refractivity contribution in [2.24, 2.45) is 0 Å². The molecule has 0 saturated carbocycles. The first-order valence-corrected chi connectivity index (χ1v) is 11.5. The summed E-state index contributed by atoms with van der Waals surface area (Å²) < 4.78 is 11.6. The summed E-state index contributed by atoms with van der Waals surface area (Å²) >= 11 is 3.90. The lowest BCUT2D eigenvalue weighted by Crippen LogP contribution is -2.08. The highest BCUT2D eigenvalue weighted by atomic mass is 32.2. The van der Waals surface area contributed by atoms with Gasteiger partial charge in [-0.2, -0.15) is 11.8 Å². The molecule has 1 aromatic rings. The van der Waals surface area contributed by atoms with Crippen molar-refractivity contribution in [2.45, 2.75) is 57.1 Å². The van der Waals surface area contributed by atoms with Crippen LogP contribution in [-0.4, -0.2) is 46.3 Å². The van der Waals surface area contributed by atoms with Crippen molar-refractivity contribution < 1.29 is 19.4 Å². The van der Waals surface area contributed by atoms with E-state index in [4.69, 9.17) is 9.47 Å². The molecule has 26 heavy (non-hydrogen) atoms. The number of Topliss-reactive ketones (excluding diaryl/α,β-unsaturated/α-hetero) is 1. The summed E-state index contributed by atoms with van der Waals surface area (Å²) in [5.41, 5.74) is 1.50. The lowest BCUT2D eigenvalue weighted by molar-refractivity contribution is 0.101. The van der Waals surface area contributed by atoms with Crippen LogP contribution < -0.4 is 4.74 Å². The lowest BCUT2D eigenvalue weighted by atomic mass is 10.0. The lowest BCUT2D eigenvalue weighted by Gasteiger charge is -2.14. The van der Waals surface area contributed by atoms with Gasteiger partial charge in [-0.05, 0) is 44.1 Å². The van der Waals surface area contributed by atoms with Crippen molar-refractivity contribution in [3.8, 4) is 11.5 Å². The summed E-state index contributed by atoms with van der Waals surface area (Å²) in [5, 5.41) is 11.0. The van der Waals surface area contributed by atoms with Crippen LogP contribution in [0.5, 0.6) is 11.5 Å². The molecule has 1 aliphatic heterocycles. The van der Waals surface area contributed by atoms with Crippen LogP contribution in [0.15, 0.2) is 12.1 Å². The van der Waals surface area contributed by atoms with Crippen LogP contribution >= 0.6 is 23.5 Å². The number of hydrogen-bond donors (Lipinski definition) is 1. The molecular formula is C20H30O4S2. The molecule has 4 nitrogen and oxygen atoms in total. The topological polar surface area (TPSA) is 55.8 Å². The Morgan fingerprint density at radius 3 is 2.88 bits per heavy atom. The molecule has 0 bridgehead atoms. The summed E-state index contributed by atoms with van der Waals surface area (Å²) in [5.74, 6) is 2.83. The van der Waals surface area contributed by atoms with E-state index in [-0.39, 0.29) is 11.5 Å². The Morgan fingerprint density at radius 1 is 1.42 bits per heavy atom. The highest BCUT2D eigenvalue weighted by Crippen LogP contribution is 2.33. The highest BCUT2D eigenvalue weighted by molar-refractivity contribution is 8.03. The average molecular weight is 399 g/mol. The number of phenolic OH excluding ortho intramolecular Hbond substituents is 1. The molecule has 1 fully saturated rings. The van der Waals surface area contributed by atoms with Crippen molar-refractivity contribution >= 4 is 29.3 Å². The van der Waals surface area contributed by atoms with Crippen molar-refractivity contribution in [2.75, 3.05) is 24.7 Å². The molecule has 1 N–H and O–H groups in total. The second-order valence-electron chi connectivity index (χ2n) is 6.45. The number of ketones is 1. The number of phenols is 1. The number of hydrogen-bond acceptors (Lipinski definition) is 6. The van der Waals surface area contributed by atoms with E-state index in [1.54, 1.807) is 6.07 Å². The van der Waals surface area contributed by atoms with Crippen LogP contribution in [0.2, 0.25) is 0 Å². The van der Waals surface area contributed by atoms with E-state index in [9.17, 15) is 9.90 Å². The fraction of sp³-hybridized carbons (Fsp3) is 0.650. The Morgan fingerprint density at radius 2 is 2.23 bits per heavy atom. The van der Waals surface area contributed by atoms with E-state index in [2.05, 4.69) is 6.92 Å². The Kier molecular flexibility index (Phi) is 9.16. The molecule has 2 unspecified atom stereocenters.